The first-order valence-corrected chi connectivity index (χ1v) is 7.92. The highest BCUT2D eigenvalue weighted by Gasteiger charge is 2.48. The van der Waals surface area contributed by atoms with Gasteiger partial charge in [-0.2, -0.15) is 21.6 Å². The monoisotopic (exact) mass is 366 g/mol. The molecule has 0 spiro atoms. The summed E-state index contributed by atoms with van der Waals surface area (Å²) in [7, 11) is -5.92. The molecular weight excluding hydrogens is 355 g/mol. The first-order chi connectivity index (χ1) is 11.0. The van der Waals surface area contributed by atoms with Crippen LogP contribution in [0.25, 0.3) is 11.1 Å². The van der Waals surface area contributed by atoms with Gasteiger partial charge in [-0.05, 0) is 30.2 Å². The molecule has 0 unspecified atom stereocenters. The number of halogens is 5. The number of aryl methyl sites for hydroxylation is 1. The van der Waals surface area contributed by atoms with Crippen molar-refractivity contribution < 1.29 is 34.6 Å². The molecule has 0 saturated carbocycles. The van der Waals surface area contributed by atoms with Crippen molar-refractivity contribution in [2.75, 3.05) is 0 Å². The third kappa shape index (κ3) is 3.84. The highest BCUT2D eigenvalue weighted by atomic mass is 32.2. The minimum atomic E-state index is -5.92. The van der Waals surface area contributed by atoms with Gasteiger partial charge in [-0.3, -0.25) is 0 Å². The van der Waals surface area contributed by atoms with E-state index in [1.807, 2.05) is 0 Å². The highest BCUT2D eigenvalue weighted by molar-refractivity contribution is 7.88. The van der Waals surface area contributed by atoms with Gasteiger partial charge in [-0.1, -0.05) is 35.9 Å². The minimum Gasteiger partial charge on any atom is -0.376 e. The van der Waals surface area contributed by atoms with Crippen LogP contribution in [0.2, 0.25) is 0 Å². The van der Waals surface area contributed by atoms with Gasteiger partial charge in [0.2, 0.25) is 0 Å². The van der Waals surface area contributed by atoms with E-state index < -0.39 is 33.4 Å². The van der Waals surface area contributed by atoms with Crippen LogP contribution in [0.5, 0.6) is 5.75 Å². The van der Waals surface area contributed by atoms with Gasteiger partial charge >= 0.3 is 15.6 Å². The molecule has 0 N–H and O–H groups in total. The van der Waals surface area contributed by atoms with E-state index >= 15 is 0 Å². The summed E-state index contributed by atoms with van der Waals surface area (Å²) in [5.74, 6) is -0.834. The zero-order valence-corrected chi connectivity index (χ0v) is 13.0. The predicted molar refractivity (Wildman–Crippen MR) is 77.2 cm³/mol. The summed E-state index contributed by atoms with van der Waals surface area (Å²) in [6.07, 6.45) is -3.03. The number of rotatable bonds is 4. The van der Waals surface area contributed by atoms with Gasteiger partial charge in [0, 0.05) is 5.56 Å². The van der Waals surface area contributed by atoms with Crippen LogP contribution in [0.15, 0.2) is 42.5 Å². The molecule has 130 valence electrons. The standard InChI is InChI=1S/C15H11F5O3S/c1-9-3-2-4-10(7-9)12-6-5-11(8-13(12)14(16)17)23-24(21,22)15(18,19)20/h2-8,14H,1H3. The summed E-state index contributed by atoms with van der Waals surface area (Å²) in [5, 5.41) is 0. The van der Waals surface area contributed by atoms with Gasteiger partial charge in [0.05, 0.1) is 0 Å². The van der Waals surface area contributed by atoms with Crippen LogP contribution in [0, 0.1) is 6.92 Å². The van der Waals surface area contributed by atoms with E-state index in [1.54, 1.807) is 31.2 Å². The van der Waals surface area contributed by atoms with Crippen molar-refractivity contribution in [1.82, 2.24) is 0 Å². The maximum atomic E-state index is 13.2. The average Bonchev–Trinajstić information content (AvgIpc) is 2.45. The molecule has 3 nitrogen and oxygen atoms in total. The van der Waals surface area contributed by atoms with Crippen molar-refractivity contribution in [3.63, 3.8) is 0 Å². The van der Waals surface area contributed by atoms with E-state index in [9.17, 15) is 30.4 Å². The van der Waals surface area contributed by atoms with E-state index in [0.29, 0.717) is 11.6 Å². The van der Waals surface area contributed by atoms with Gasteiger partial charge in [-0.15, -0.1) is 0 Å². The van der Waals surface area contributed by atoms with Gasteiger partial charge in [0.15, 0.2) is 0 Å². The molecule has 9 heteroatoms. The van der Waals surface area contributed by atoms with Crippen LogP contribution < -0.4 is 4.18 Å². The third-order valence-corrected chi connectivity index (χ3v) is 4.06. The molecule has 0 radical (unpaired) electrons. The zero-order valence-electron chi connectivity index (χ0n) is 12.1. The molecule has 0 atom stereocenters. The number of benzene rings is 2. The zero-order chi connectivity index (χ0) is 18.1. The number of alkyl halides is 5. The van der Waals surface area contributed by atoms with Crippen molar-refractivity contribution >= 4 is 10.1 Å². The Kier molecular flexibility index (Phi) is 4.84. The smallest absolute Gasteiger partial charge is 0.376 e. The minimum absolute atomic E-state index is 0.0745. The second kappa shape index (κ2) is 6.39. The van der Waals surface area contributed by atoms with Crippen molar-refractivity contribution in [2.24, 2.45) is 0 Å². The SMILES string of the molecule is Cc1cccc(-c2ccc(OS(=O)(=O)C(F)(F)F)cc2C(F)F)c1. The Morgan fingerprint density at radius 2 is 1.71 bits per heavy atom. The molecule has 0 fully saturated rings. The Hall–Kier alpha value is -2.16. The first kappa shape index (κ1) is 18.2. The first-order valence-electron chi connectivity index (χ1n) is 6.51. The lowest BCUT2D eigenvalue weighted by molar-refractivity contribution is -0.0500. The summed E-state index contributed by atoms with van der Waals surface area (Å²) in [6, 6.07) is 9.14. The molecule has 0 heterocycles. The van der Waals surface area contributed by atoms with E-state index in [-0.39, 0.29) is 5.56 Å². The van der Waals surface area contributed by atoms with Crippen LogP contribution in [0.1, 0.15) is 17.6 Å². The van der Waals surface area contributed by atoms with Crippen molar-refractivity contribution in [2.45, 2.75) is 18.9 Å². The maximum Gasteiger partial charge on any atom is 0.534 e. The van der Waals surface area contributed by atoms with Crippen LogP contribution in [0.4, 0.5) is 22.0 Å². The molecule has 2 aromatic carbocycles. The quantitative estimate of drug-likeness (QED) is 0.442. The largest absolute Gasteiger partial charge is 0.534 e. The lowest BCUT2D eigenvalue weighted by Crippen LogP contribution is -2.28. The van der Waals surface area contributed by atoms with E-state index in [0.717, 1.165) is 17.7 Å². The Morgan fingerprint density at radius 3 is 2.25 bits per heavy atom. The van der Waals surface area contributed by atoms with E-state index in [1.165, 1.54) is 0 Å². The molecule has 0 saturated heterocycles. The summed E-state index contributed by atoms with van der Waals surface area (Å²) < 4.78 is 89.2. The molecule has 0 bridgehead atoms. The average molecular weight is 366 g/mol. The van der Waals surface area contributed by atoms with Gasteiger partial charge < -0.3 is 4.18 Å². The fraction of sp³-hybridized carbons (Fsp3) is 0.200. The summed E-state index contributed by atoms with van der Waals surface area (Å²) in [6.45, 7) is 1.75. The molecule has 2 rings (SSSR count). The topological polar surface area (TPSA) is 43.4 Å². The Morgan fingerprint density at radius 1 is 1.04 bits per heavy atom. The molecule has 0 aliphatic heterocycles. The van der Waals surface area contributed by atoms with E-state index in [4.69, 9.17) is 0 Å². The maximum absolute atomic E-state index is 13.2. The molecule has 0 amide bonds. The van der Waals surface area contributed by atoms with Gasteiger partial charge in [-0.25, -0.2) is 8.78 Å². The van der Waals surface area contributed by atoms with Crippen molar-refractivity contribution in [3.8, 4) is 16.9 Å². The lowest BCUT2D eigenvalue weighted by Gasteiger charge is -2.13. The van der Waals surface area contributed by atoms with E-state index in [2.05, 4.69) is 4.18 Å². The van der Waals surface area contributed by atoms with Crippen molar-refractivity contribution in [1.29, 1.82) is 0 Å². The normalized spacial score (nSPS) is 12.5. The summed E-state index contributed by atoms with van der Waals surface area (Å²) >= 11 is 0. The molecule has 0 aliphatic rings. The van der Waals surface area contributed by atoms with Crippen LogP contribution in [-0.4, -0.2) is 13.9 Å². The third-order valence-electron chi connectivity index (χ3n) is 3.08. The van der Waals surface area contributed by atoms with Crippen LogP contribution in [0.3, 0.4) is 0 Å². The lowest BCUT2D eigenvalue weighted by atomic mass is 9.98. The molecule has 0 aromatic heterocycles. The van der Waals surface area contributed by atoms with Gasteiger partial charge in [0.1, 0.15) is 5.75 Å². The second-order valence-electron chi connectivity index (χ2n) is 4.90. The Bertz CT molecular complexity index is 844. The molecule has 0 aliphatic carbocycles. The fourth-order valence-corrected chi connectivity index (χ4v) is 2.47. The Balaban J connectivity index is 2.48. The summed E-state index contributed by atoms with van der Waals surface area (Å²) in [5.41, 5.74) is -4.98. The molecule has 2 aromatic rings. The van der Waals surface area contributed by atoms with Crippen molar-refractivity contribution in [3.05, 3.63) is 53.6 Å². The second-order valence-corrected chi connectivity index (χ2v) is 6.44. The van der Waals surface area contributed by atoms with Crippen LogP contribution in [-0.2, 0) is 10.1 Å². The highest BCUT2D eigenvalue weighted by Crippen LogP contribution is 2.36. The molecule has 24 heavy (non-hydrogen) atoms. The Labute approximate surface area is 134 Å². The van der Waals surface area contributed by atoms with Gasteiger partial charge in [0.25, 0.3) is 6.43 Å². The number of hydrogen-bond donors (Lipinski definition) is 0. The predicted octanol–water partition coefficient (Wildman–Crippen LogP) is 4.83. The number of hydrogen-bond acceptors (Lipinski definition) is 3. The summed E-state index contributed by atoms with van der Waals surface area (Å²) in [4.78, 5) is 0. The molecular formula is C15H11F5O3S. The fourth-order valence-electron chi connectivity index (χ4n) is 2.02. The van der Waals surface area contributed by atoms with Crippen LogP contribution >= 0.6 is 0 Å².